The van der Waals surface area contributed by atoms with Gasteiger partial charge in [-0.2, -0.15) is 0 Å². The van der Waals surface area contributed by atoms with Crippen LogP contribution in [0.1, 0.15) is 31.4 Å². The number of hydrogen-bond acceptors (Lipinski definition) is 7. The molecular formula is C24H30Cl2N4O3. The first-order valence-electron chi connectivity index (χ1n) is 11.4. The Morgan fingerprint density at radius 1 is 1.30 bits per heavy atom. The highest BCUT2D eigenvalue weighted by molar-refractivity contribution is 6.36. The van der Waals surface area contributed by atoms with Crippen molar-refractivity contribution in [2.45, 2.75) is 37.7 Å². The van der Waals surface area contributed by atoms with E-state index in [4.69, 9.17) is 37.7 Å². The van der Waals surface area contributed by atoms with Crippen LogP contribution in [0.3, 0.4) is 0 Å². The quantitative estimate of drug-likeness (QED) is 0.571. The highest BCUT2D eigenvalue weighted by atomic mass is 35.5. The molecule has 1 atom stereocenters. The van der Waals surface area contributed by atoms with Crippen molar-refractivity contribution in [1.82, 2.24) is 15.3 Å². The van der Waals surface area contributed by atoms with E-state index in [1.54, 1.807) is 19.4 Å². The van der Waals surface area contributed by atoms with E-state index in [1.807, 2.05) is 12.1 Å². The Morgan fingerprint density at radius 3 is 2.85 bits per heavy atom. The lowest BCUT2D eigenvalue weighted by atomic mass is 9.92. The van der Waals surface area contributed by atoms with Gasteiger partial charge in [-0.15, -0.1) is 0 Å². The first-order valence-corrected chi connectivity index (χ1v) is 12.2. The van der Waals surface area contributed by atoms with Gasteiger partial charge in [0.15, 0.2) is 0 Å². The van der Waals surface area contributed by atoms with E-state index in [0.717, 1.165) is 38.8 Å². The lowest BCUT2D eigenvalue weighted by Crippen LogP contribution is -2.44. The third-order valence-corrected chi connectivity index (χ3v) is 7.16. The fourth-order valence-electron chi connectivity index (χ4n) is 4.39. The van der Waals surface area contributed by atoms with Gasteiger partial charge in [-0.3, -0.25) is 9.78 Å². The van der Waals surface area contributed by atoms with Crippen LogP contribution in [0.25, 0.3) is 11.3 Å². The number of pyridine rings is 2. The molecule has 2 aromatic heterocycles. The van der Waals surface area contributed by atoms with Crippen LogP contribution >= 0.6 is 23.2 Å². The average Bonchev–Trinajstić information content (AvgIpc) is 2.86. The number of methoxy groups -OCH3 is 1. The molecule has 0 saturated carbocycles. The number of nitrogens with one attached hydrogen (secondary N) is 2. The summed E-state index contributed by atoms with van der Waals surface area (Å²) in [5.74, 6) is 0.905. The first kappa shape index (κ1) is 24.4. The SMILES string of the molecule is COC1(CNc2ccc(Cl)c(-c3cc(CC(=O)[C@@H]4CCCNC4)ncc3Cl)n2)CCOCC1. The number of ketones is 1. The molecule has 0 spiro atoms. The number of nitrogens with zero attached hydrogens (tertiary/aromatic N) is 2. The van der Waals surface area contributed by atoms with E-state index in [-0.39, 0.29) is 23.7 Å². The summed E-state index contributed by atoms with van der Waals surface area (Å²) in [5.41, 5.74) is 1.61. The zero-order chi connectivity index (χ0) is 23.3. The maximum Gasteiger partial charge on any atom is 0.143 e. The van der Waals surface area contributed by atoms with Crippen LogP contribution in [-0.2, 0) is 20.7 Å². The minimum Gasteiger partial charge on any atom is -0.381 e. The molecular weight excluding hydrogens is 463 g/mol. The summed E-state index contributed by atoms with van der Waals surface area (Å²) >= 11 is 13.0. The first-order chi connectivity index (χ1) is 16.0. The third-order valence-electron chi connectivity index (χ3n) is 6.55. The van der Waals surface area contributed by atoms with Gasteiger partial charge in [0.1, 0.15) is 11.6 Å². The molecule has 0 aromatic carbocycles. The van der Waals surface area contributed by atoms with Crippen LogP contribution in [0, 0.1) is 5.92 Å². The fourth-order valence-corrected chi connectivity index (χ4v) is 4.79. The van der Waals surface area contributed by atoms with Gasteiger partial charge in [0.2, 0.25) is 0 Å². The van der Waals surface area contributed by atoms with Crippen LogP contribution in [-0.4, -0.2) is 61.3 Å². The van der Waals surface area contributed by atoms with Gasteiger partial charge in [-0.25, -0.2) is 4.98 Å². The predicted octanol–water partition coefficient (Wildman–Crippen LogP) is 4.17. The highest BCUT2D eigenvalue weighted by Gasteiger charge is 2.32. The number of Topliss-reactive ketones (excluding diaryl/α,β-unsaturated/α-hetero) is 1. The molecule has 0 aliphatic carbocycles. The molecule has 0 bridgehead atoms. The Morgan fingerprint density at radius 2 is 2.12 bits per heavy atom. The Hall–Kier alpha value is -1.77. The molecule has 0 radical (unpaired) electrons. The van der Waals surface area contributed by atoms with E-state index < -0.39 is 0 Å². The summed E-state index contributed by atoms with van der Waals surface area (Å²) < 4.78 is 11.3. The number of aromatic nitrogens is 2. The van der Waals surface area contributed by atoms with Gasteiger partial charge in [0.25, 0.3) is 0 Å². The second-order valence-electron chi connectivity index (χ2n) is 8.72. The summed E-state index contributed by atoms with van der Waals surface area (Å²) in [5, 5.41) is 7.60. The zero-order valence-electron chi connectivity index (χ0n) is 18.8. The van der Waals surface area contributed by atoms with Crippen molar-refractivity contribution in [2.24, 2.45) is 5.92 Å². The van der Waals surface area contributed by atoms with Gasteiger partial charge in [0, 0.05) is 76.0 Å². The molecule has 9 heteroatoms. The Labute approximate surface area is 204 Å². The number of rotatable bonds is 8. The standard InChI is InChI=1S/C24H30Cl2N4O3/c1-32-24(6-9-33-10-7-24)15-29-22-5-4-19(25)23(30-22)18-11-17(28-14-20(18)26)12-21(31)16-3-2-8-27-13-16/h4-5,11,14,16,27H,2-3,6-10,12-13,15H2,1H3,(H,29,30)/t16-/m1/s1. The molecule has 2 aromatic rings. The molecule has 4 heterocycles. The average molecular weight is 493 g/mol. The van der Waals surface area contributed by atoms with Crippen molar-refractivity contribution < 1.29 is 14.3 Å². The minimum absolute atomic E-state index is 0.0345. The van der Waals surface area contributed by atoms with Crippen LogP contribution in [0.5, 0.6) is 0 Å². The molecule has 0 unspecified atom stereocenters. The maximum atomic E-state index is 12.7. The molecule has 2 fully saturated rings. The molecule has 2 saturated heterocycles. The smallest absolute Gasteiger partial charge is 0.143 e. The monoisotopic (exact) mass is 492 g/mol. The minimum atomic E-state index is -0.282. The van der Waals surface area contributed by atoms with E-state index >= 15 is 0 Å². The maximum absolute atomic E-state index is 12.7. The van der Waals surface area contributed by atoms with Crippen LogP contribution < -0.4 is 10.6 Å². The van der Waals surface area contributed by atoms with Crippen molar-refractivity contribution in [3.8, 4) is 11.3 Å². The Balaban J connectivity index is 1.51. The van der Waals surface area contributed by atoms with E-state index in [9.17, 15) is 4.79 Å². The van der Waals surface area contributed by atoms with Crippen LogP contribution in [0.4, 0.5) is 5.82 Å². The molecule has 178 valence electrons. The summed E-state index contributed by atoms with van der Waals surface area (Å²) in [4.78, 5) is 21.8. The van der Waals surface area contributed by atoms with Crippen LogP contribution in [0.2, 0.25) is 10.0 Å². The van der Waals surface area contributed by atoms with E-state index in [2.05, 4.69) is 15.6 Å². The third kappa shape index (κ3) is 6.03. The van der Waals surface area contributed by atoms with Gasteiger partial charge in [-0.1, -0.05) is 23.2 Å². The second kappa shape index (κ2) is 11.1. The molecule has 4 rings (SSSR count). The number of carbonyl (C=O) groups is 1. The van der Waals surface area contributed by atoms with Crippen molar-refractivity contribution >= 4 is 34.8 Å². The molecule has 2 aliphatic rings. The highest BCUT2D eigenvalue weighted by Crippen LogP contribution is 2.33. The van der Waals surface area contributed by atoms with Gasteiger partial charge in [-0.05, 0) is 37.6 Å². The molecule has 2 aliphatic heterocycles. The lowest BCUT2D eigenvalue weighted by molar-refractivity contribution is -0.122. The Bertz CT molecular complexity index is 976. The topological polar surface area (TPSA) is 85.4 Å². The van der Waals surface area contributed by atoms with Gasteiger partial charge < -0.3 is 20.1 Å². The molecule has 0 amide bonds. The van der Waals surface area contributed by atoms with Gasteiger partial charge >= 0.3 is 0 Å². The normalized spacial score (nSPS) is 20.4. The predicted molar refractivity (Wildman–Crippen MR) is 130 cm³/mol. The van der Waals surface area contributed by atoms with E-state index in [0.29, 0.717) is 52.6 Å². The zero-order valence-corrected chi connectivity index (χ0v) is 20.3. The lowest BCUT2D eigenvalue weighted by Gasteiger charge is -2.36. The molecule has 7 nitrogen and oxygen atoms in total. The summed E-state index contributed by atoms with van der Waals surface area (Å²) in [6.07, 6.45) is 5.42. The summed E-state index contributed by atoms with van der Waals surface area (Å²) in [6, 6.07) is 5.46. The summed E-state index contributed by atoms with van der Waals surface area (Å²) in [7, 11) is 1.73. The molecule has 2 N–H and O–H groups in total. The van der Waals surface area contributed by atoms with Crippen molar-refractivity contribution in [1.29, 1.82) is 0 Å². The van der Waals surface area contributed by atoms with Crippen LogP contribution in [0.15, 0.2) is 24.4 Å². The number of piperidine rings is 1. The van der Waals surface area contributed by atoms with E-state index in [1.165, 1.54) is 0 Å². The summed E-state index contributed by atoms with van der Waals surface area (Å²) in [6.45, 7) is 3.68. The number of hydrogen-bond donors (Lipinski definition) is 2. The van der Waals surface area contributed by atoms with Crippen molar-refractivity contribution in [3.63, 3.8) is 0 Å². The number of ether oxygens (including phenoxy) is 2. The number of carbonyl (C=O) groups excluding carboxylic acids is 1. The second-order valence-corrected chi connectivity index (χ2v) is 9.54. The fraction of sp³-hybridized carbons (Fsp3) is 0.542. The van der Waals surface area contributed by atoms with Crippen molar-refractivity contribution in [3.05, 3.63) is 40.1 Å². The van der Waals surface area contributed by atoms with Gasteiger partial charge in [0.05, 0.1) is 21.3 Å². The van der Waals surface area contributed by atoms with Crippen molar-refractivity contribution in [2.75, 3.05) is 45.3 Å². The largest absolute Gasteiger partial charge is 0.381 e. The number of anilines is 1. The Kier molecular flexibility index (Phi) is 8.20. The number of halogens is 2. The molecule has 33 heavy (non-hydrogen) atoms.